The van der Waals surface area contributed by atoms with Crippen LogP contribution in [0.2, 0.25) is 0 Å². The third kappa shape index (κ3) is 4.82. The van der Waals surface area contributed by atoms with Crippen molar-refractivity contribution in [2.75, 3.05) is 5.32 Å². The molecule has 0 unspecified atom stereocenters. The first-order valence-corrected chi connectivity index (χ1v) is 10.5. The van der Waals surface area contributed by atoms with E-state index in [0.717, 1.165) is 5.56 Å². The van der Waals surface area contributed by atoms with Crippen molar-refractivity contribution in [2.45, 2.75) is 26.2 Å². The van der Waals surface area contributed by atoms with Gasteiger partial charge in [-0.05, 0) is 53.4 Å². The van der Waals surface area contributed by atoms with Crippen LogP contribution >= 0.6 is 0 Å². The number of hydrogen-bond acceptors (Lipinski definition) is 4. The second-order valence-electron chi connectivity index (χ2n) is 8.73. The van der Waals surface area contributed by atoms with E-state index in [9.17, 15) is 14.7 Å². The summed E-state index contributed by atoms with van der Waals surface area (Å²) in [7, 11) is 0. The average molecular weight is 441 g/mol. The highest BCUT2D eigenvalue weighted by Gasteiger charge is 2.15. The van der Waals surface area contributed by atoms with Gasteiger partial charge >= 0.3 is 0 Å². The molecule has 3 aromatic carbocycles. The van der Waals surface area contributed by atoms with E-state index < -0.39 is 5.91 Å². The van der Waals surface area contributed by atoms with Gasteiger partial charge in [0.15, 0.2) is 5.69 Å². The van der Waals surface area contributed by atoms with Gasteiger partial charge in [-0.1, -0.05) is 51.1 Å². The number of anilines is 1. The first-order valence-electron chi connectivity index (χ1n) is 10.5. The first kappa shape index (κ1) is 22.0. The summed E-state index contributed by atoms with van der Waals surface area (Å²) in [5.74, 6) is -0.944. The Labute approximate surface area is 191 Å². The summed E-state index contributed by atoms with van der Waals surface area (Å²) in [4.78, 5) is 27.7. The van der Waals surface area contributed by atoms with Crippen LogP contribution in [0.15, 0.2) is 83.0 Å². The fraction of sp³-hybridized carbons (Fsp3) is 0.154. The van der Waals surface area contributed by atoms with Gasteiger partial charge in [0, 0.05) is 22.2 Å². The molecular formula is C26H24N4O3. The van der Waals surface area contributed by atoms with Gasteiger partial charge in [0.1, 0.15) is 0 Å². The van der Waals surface area contributed by atoms with Crippen LogP contribution in [0, 0.1) is 0 Å². The molecule has 0 saturated carbocycles. The molecule has 0 aliphatic rings. The quantitative estimate of drug-likeness (QED) is 0.322. The largest absolute Gasteiger partial charge is 0.493 e. The van der Waals surface area contributed by atoms with Crippen molar-refractivity contribution in [1.29, 1.82) is 0 Å². The Morgan fingerprint density at radius 1 is 0.879 bits per heavy atom. The van der Waals surface area contributed by atoms with E-state index in [1.54, 1.807) is 48.5 Å². The number of hydrogen-bond donors (Lipinski definition) is 3. The van der Waals surface area contributed by atoms with Crippen LogP contribution < -0.4 is 5.32 Å². The Morgan fingerprint density at radius 2 is 1.52 bits per heavy atom. The zero-order chi connectivity index (χ0) is 23.6. The topological polar surface area (TPSA) is 107 Å². The number of nitrogens with one attached hydrogen (secondary N) is 2. The van der Waals surface area contributed by atoms with E-state index in [1.807, 2.05) is 24.3 Å². The van der Waals surface area contributed by atoms with Gasteiger partial charge in [-0.3, -0.25) is 9.59 Å². The maximum Gasteiger partial charge on any atom is 0.295 e. The molecule has 0 radical (unpaired) electrons. The van der Waals surface area contributed by atoms with Crippen molar-refractivity contribution in [1.82, 2.24) is 4.98 Å². The number of aromatic hydroxyl groups is 1. The molecule has 4 aromatic rings. The van der Waals surface area contributed by atoms with Crippen LogP contribution in [0.3, 0.4) is 0 Å². The van der Waals surface area contributed by atoms with Crippen molar-refractivity contribution in [2.24, 2.45) is 10.2 Å². The van der Waals surface area contributed by atoms with Gasteiger partial charge in [-0.15, -0.1) is 10.2 Å². The highest BCUT2D eigenvalue weighted by Crippen LogP contribution is 2.35. The molecular weight excluding hydrogens is 416 g/mol. The Kier molecular flexibility index (Phi) is 5.79. The van der Waals surface area contributed by atoms with Crippen molar-refractivity contribution in [3.05, 3.63) is 89.5 Å². The zero-order valence-electron chi connectivity index (χ0n) is 18.6. The number of azo groups is 1. The molecule has 0 aliphatic carbocycles. The van der Waals surface area contributed by atoms with Gasteiger partial charge in [-0.25, -0.2) is 0 Å². The van der Waals surface area contributed by atoms with Crippen LogP contribution in [0.5, 0.6) is 5.88 Å². The molecule has 7 nitrogen and oxygen atoms in total. The van der Waals surface area contributed by atoms with E-state index in [4.69, 9.17) is 0 Å². The predicted molar refractivity (Wildman–Crippen MR) is 128 cm³/mol. The SMILES string of the molecule is CC(C)(C)c1ccc(C(=O)Nc2ccc(C(=O)N=Nc3c(O)[nH]c4ccccc34)cc2)cc1. The summed E-state index contributed by atoms with van der Waals surface area (Å²) in [6.07, 6.45) is 0. The van der Waals surface area contributed by atoms with Crippen molar-refractivity contribution in [3.63, 3.8) is 0 Å². The predicted octanol–water partition coefficient (Wildman–Crippen LogP) is 6.35. The third-order valence-electron chi connectivity index (χ3n) is 5.30. The van der Waals surface area contributed by atoms with Crippen LogP contribution in [-0.4, -0.2) is 21.9 Å². The summed E-state index contributed by atoms with van der Waals surface area (Å²) >= 11 is 0. The molecule has 0 bridgehead atoms. The van der Waals surface area contributed by atoms with Crippen molar-refractivity contribution >= 4 is 34.1 Å². The number of rotatable bonds is 4. The normalized spacial score (nSPS) is 11.7. The number of amides is 2. The first-order chi connectivity index (χ1) is 15.7. The molecule has 0 saturated heterocycles. The van der Waals surface area contributed by atoms with Crippen molar-refractivity contribution in [3.8, 4) is 5.88 Å². The van der Waals surface area contributed by atoms with E-state index in [2.05, 4.69) is 41.3 Å². The fourth-order valence-electron chi connectivity index (χ4n) is 3.39. The van der Waals surface area contributed by atoms with Gasteiger partial charge in [-0.2, -0.15) is 0 Å². The lowest BCUT2D eigenvalue weighted by Gasteiger charge is -2.19. The molecule has 0 atom stereocenters. The molecule has 0 fully saturated rings. The van der Waals surface area contributed by atoms with E-state index in [0.29, 0.717) is 27.7 Å². The second kappa shape index (κ2) is 8.70. The summed E-state index contributed by atoms with van der Waals surface area (Å²) in [5.41, 5.74) is 3.49. The fourth-order valence-corrected chi connectivity index (χ4v) is 3.39. The molecule has 0 spiro atoms. The maximum absolute atomic E-state index is 12.5. The molecule has 1 heterocycles. The lowest BCUT2D eigenvalue weighted by molar-refractivity contribution is 0.0993. The van der Waals surface area contributed by atoms with Gasteiger partial charge < -0.3 is 15.4 Å². The van der Waals surface area contributed by atoms with Crippen molar-refractivity contribution < 1.29 is 14.7 Å². The standard InChI is InChI=1S/C26H24N4O3/c1-26(2,3)18-12-8-16(9-13-18)23(31)27-19-14-10-17(11-15-19)24(32)30-29-22-20-6-4-5-7-21(20)28-25(22)33/h4-15,28,33H,1-3H3,(H,27,31). The van der Waals surface area contributed by atoms with Crippen LogP contribution in [0.1, 0.15) is 47.1 Å². The Hall–Kier alpha value is -4.26. The number of carbonyl (C=O) groups excluding carboxylic acids is 2. The number of para-hydroxylation sites is 1. The summed E-state index contributed by atoms with van der Waals surface area (Å²) in [5, 5.41) is 21.2. The lowest BCUT2D eigenvalue weighted by atomic mass is 9.87. The van der Waals surface area contributed by atoms with Gasteiger partial charge in [0.2, 0.25) is 5.88 Å². The molecule has 7 heteroatoms. The minimum absolute atomic E-state index is 0.0155. The highest BCUT2D eigenvalue weighted by atomic mass is 16.3. The monoisotopic (exact) mass is 440 g/mol. The number of aromatic amines is 1. The molecule has 0 aliphatic heterocycles. The number of carbonyl (C=O) groups is 2. The lowest BCUT2D eigenvalue weighted by Crippen LogP contribution is -2.14. The Balaban J connectivity index is 1.43. The molecule has 166 valence electrons. The second-order valence-corrected chi connectivity index (χ2v) is 8.73. The Bertz CT molecular complexity index is 1350. The minimum atomic E-state index is -0.560. The number of fused-ring (bicyclic) bond motifs is 1. The Morgan fingerprint density at radius 3 is 2.18 bits per heavy atom. The minimum Gasteiger partial charge on any atom is -0.493 e. The molecule has 3 N–H and O–H groups in total. The maximum atomic E-state index is 12.5. The molecule has 33 heavy (non-hydrogen) atoms. The third-order valence-corrected chi connectivity index (χ3v) is 5.30. The zero-order valence-corrected chi connectivity index (χ0v) is 18.6. The van der Waals surface area contributed by atoms with Gasteiger partial charge in [0.05, 0.1) is 5.52 Å². The van der Waals surface area contributed by atoms with E-state index in [-0.39, 0.29) is 22.9 Å². The smallest absolute Gasteiger partial charge is 0.295 e. The number of benzene rings is 3. The number of aromatic nitrogens is 1. The van der Waals surface area contributed by atoms with Gasteiger partial charge in [0.25, 0.3) is 11.8 Å². The number of H-pyrrole nitrogens is 1. The average Bonchev–Trinajstić information content (AvgIpc) is 3.12. The molecule has 2 amide bonds. The van der Waals surface area contributed by atoms with E-state index in [1.165, 1.54) is 0 Å². The summed E-state index contributed by atoms with van der Waals surface area (Å²) in [6.45, 7) is 6.36. The summed E-state index contributed by atoms with van der Waals surface area (Å²) < 4.78 is 0. The molecule has 4 rings (SSSR count). The summed E-state index contributed by atoms with van der Waals surface area (Å²) in [6, 6.07) is 21.1. The highest BCUT2D eigenvalue weighted by molar-refractivity contribution is 6.04. The van der Waals surface area contributed by atoms with Crippen LogP contribution in [-0.2, 0) is 5.41 Å². The van der Waals surface area contributed by atoms with E-state index >= 15 is 0 Å². The van der Waals surface area contributed by atoms with Crippen LogP contribution in [0.4, 0.5) is 11.4 Å². The van der Waals surface area contributed by atoms with Crippen LogP contribution in [0.25, 0.3) is 10.9 Å². The molecule has 1 aromatic heterocycles. The number of nitrogens with zero attached hydrogens (tertiary/aromatic N) is 2.